The fourth-order valence-corrected chi connectivity index (χ4v) is 3.98. The summed E-state index contributed by atoms with van der Waals surface area (Å²) in [6.45, 7) is 3.63. The molecule has 0 aliphatic carbocycles. The smallest absolute Gasteiger partial charge is 0.196 e. The Morgan fingerprint density at radius 1 is 1.00 bits per heavy atom. The third-order valence-corrected chi connectivity index (χ3v) is 5.61. The second-order valence-electron chi connectivity index (χ2n) is 6.94. The molecule has 0 N–H and O–H groups in total. The fourth-order valence-electron chi connectivity index (χ4n) is 3.76. The lowest BCUT2D eigenvalue weighted by Crippen LogP contribution is -2.46. The molecule has 2 aromatic heterocycles. The van der Waals surface area contributed by atoms with Gasteiger partial charge in [0.25, 0.3) is 0 Å². The minimum absolute atomic E-state index is 0.255. The second-order valence-corrected chi connectivity index (χ2v) is 7.34. The predicted molar refractivity (Wildman–Crippen MR) is 108 cm³/mol. The minimum Gasteiger partial charge on any atom is -0.450 e. The predicted octanol–water partition coefficient (Wildman–Crippen LogP) is 4.49. The zero-order valence-corrected chi connectivity index (χ0v) is 15.9. The summed E-state index contributed by atoms with van der Waals surface area (Å²) in [7, 11) is 0. The van der Waals surface area contributed by atoms with Crippen molar-refractivity contribution in [3.8, 4) is 0 Å². The number of furan rings is 1. The summed E-state index contributed by atoms with van der Waals surface area (Å²) < 4.78 is 20.1. The molecule has 0 bridgehead atoms. The fraction of sp³-hybridized carbons (Fsp3) is 0.238. The normalized spacial score (nSPS) is 15.6. The molecule has 1 aliphatic rings. The number of nitrogens with zero attached hydrogens (tertiary/aromatic N) is 4. The number of halogens is 2. The van der Waals surface area contributed by atoms with E-state index in [9.17, 15) is 4.39 Å². The third-order valence-electron chi connectivity index (χ3n) is 5.25. The largest absolute Gasteiger partial charge is 0.450 e. The monoisotopic (exact) mass is 396 g/mol. The SMILES string of the molecule is Fc1cccc(Cl)c1CN1CCN(c2ncnc3c2oc2ccccc23)CC1. The highest BCUT2D eigenvalue weighted by atomic mass is 35.5. The molecule has 142 valence electrons. The number of piperazine rings is 1. The van der Waals surface area contributed by atoms with Crippen molar-refractivity contribution >= 4 is 39.5 Å². The van der Waals surface area contributed by atoms with Crippen molar-refractivity contribution in [1.29, 1.82) is 0 Å². The molecule has 0 radical (unpaired) electrons. The first kappa shape index (κ1) is 17.4. The average Bonchev–Trinajstić information content (AvgIpc) is 3.10. The number of fused-ring (bicyclic) bond motifs is 3. The Morgan fingerprint density at radius 3 is 2.64 bits per heavy atom. The molecule has 5 nitrogen and oxygen atoms in total. The van der Waals surface area contributed by atoms with Crippen molar-refractivity contribution < 1.29 is 8.81 Å². The molecular weight excluding hydrogens is 379 g/mol. The molecule has 7 heteroatoms. The lowest BCUT2D eigenvalue weighted by molar-refractivity contribution is 0.246. The van der Waals surface area contributed by atoms with E-state index in [-0.39, 0.29) is 5.82 Å². The highest BCUT2D eigenvalue weighted by molar-refractivity contribution is 6.31. The van der Waals surface area contributed by atoms with Crippen LogP contribution < -0.4 is 4.90 Å². The van der Waals surface area contributed by atoms with Crippen molar-refractivity contribution in [3.63, 3.8) is 0 Å². The lowest BCUT2D eigenvalue weighted by atomic mass is 10.2. The van der Waals surface area contributed by atoms with Crippen LogP contribution in [0.25, 0.3) is 22.1 Å². The Balaban J connectivity index is 1.37. The average molecular weight is 397 g/mol. The van der Waals surface area contributed by atoms with Crippen LogP contribution in [0, 0.1) is 5.82 Å². The van der Waals surface area contributed by atoms with Crippen LogP contribution in [-0.4, -0.2) is 41.0 Å². The van der Waals surface area contributed by atoms with Crippen LogP contribution in [0.15, 0.2) is 53.2 Å². The summed E-state index contributed by atoms with van der Waals surface area (Å²) in [5.41, 5.74) is 2.92. The van der Waals surface area contributed by atoms with E-state index in [0.717, 1.165) is 48.5 Å². The van der Waals surface area contributed by atoms with Gasteiger partial charge in [0.2, 0.25) is 0 Å². The maximum absolute atomic E-state index is 14.1. The number of hydrogen-bond acceptors (Lipinski definition) is 5. The summed E-state index contributed by atoms with van der Waals surface area (Å²) in [5.74, 6) is 0.555. The molecule has 0 amide bonds. The van der Waals surface area contributed by atoms with Gasteiger partial charge in [-0.25, -0.2) is 14.4 Å². The van der Waals surface area contributed by atoms with Crippen LogP contribution in [0.4, 0.5) is 10.2 Å². The van der Waals surface area contributed by atoms with Crippen molar-refractivity contribution in [2.24, 2.45) is 0 Å². The number of aromatic nitrogens is 2. The van der Waals surface area contributed by atoms with Gasteiger partial charge in [-0.15, -0.1) is 0 Å². The van der Waals surface area contributed by atoms with Gasteiger partial charge in [-0.05, 0) is 24.3 Å². The first-order chi connectivity index (χ1) is 13.7. The van der Waals surface area contributed by atoms with E-state index in [1.807, 2.05) is 24.3 Å². The maximum atomic E-state index is 14.1. The van der Waals surface area contributed by atoms with E-state index in [1.165, 1.54) is 6.07 Å². The Morgan fingerprint density at radius 2 is 1.82 bits per heavy atom. The maximum Gasteiger partial charge on any atom is 0.196 e. The quantitative estimate of drug-likeness (QED) is 0.510. The Hall–Kier alpha value is -2.70. The Labute approximate surface area is 166 Å². The van der Waals surface area contributed by atoms with E-state index in [0.29, 0.717) is 22.7 Å². The van der Waals surface area contributed by atoms with Crippen LogP contribution in [0.2, 0.25) is 5.02 Å². The second kappa shape index (κ2) is 7.04. The van der Waals surface area contributed by atoms with Crippen LogP contribution in [-0.2, 0) is 6.54 Å². The number of benzene rings is 2. The number of hydrogen-bond donors (Lipinski definition) is 0. The van der Waals surface area contributed by atoms with Gasteiger partial charge >= 0.3 is 0 Å². The Kier molecular flexibility index (Phi) is 4.37. The standard InChI is InChI=1S/C21H18ClFN4O/c22-16-5-3-6-17(23)15(16)12-26-8-10-27(11-9-26)21-20-19(24-13-25-21)14-4-1-2-7-18(14)28-20/h1-7,13H,8-12H2. The summed E-state index contributed by atoms with van der Waals surface area (Å²) >= 11 is 6.17. The third kappa shape index (κ3) is 2.99. The van der Waals surface area contributed by atoms with Gasteiger partial charge in [0, 0.05) is 48.7 Å². The number of para-hydroxylation sites is 1. The van der Waals surface area contributed by atoms with Crippen molar-refractivity contribution in [2.75, 3.05) is 31.1 Å². The van der Waals surface area contributed by atoms with E-state index < -0.39 is 0 Å². The van der Waals surface area contributed by atoms with Crippen molar-refractivity contribution in [1.82, 2.24) is 14.9 Å². The summed E-state index contributed by atoms with van der Waals surface area (Å²) in [4.78, 5) is 13.3. The van der Waals surface area contributed by atoms with E-state index in [1.54, 1.807) is 18.5 Å². The van der Waals surface area contributed by atoms with Crippen molar-refractivity contribution in [3.05, 3.63) is 65.2 Å². The number of anilines is 1. The lowest BCUT2D eigenvalue weighted by Gasteiger charge is -2.35. The molecule has 0 spiro atoms. The zero-order valence-electron chi connectivity index (χ0n) is 15.1. The van der Waals surface area contributed by atoms with Gasteiger partial charge < -0.3 is 9.32 Å². The van der Waals surface area contributed by atoms with E-state index in [2.05, 4.69) is 19.8 Å². The van der Waals surface area contributed by atoms with Gasteiger partial charge in [0.1, 0.15) is 23.2 Å². The summed E-state index contributed by atoms with van der Waals surface area (Å²) in [6.07, 6.45) is 1.59. The van der Waals surface area contributed by atoms with Gasteiger partial charge in [0.05, 0.1) is 0 Å². The molecule has 3 heterocycles. The minimum atomic E-state index is -0.255. The molecule has 0 saturated carbocycles. The van der Waals surface area contributed by atoms with Crippen LogP contribution in [0.1, 0.15) is 5.56 Å². The Bertz CT molecular complexity index is 1130. The summed E-state index contributed by atoms with van der Waals surface area (Å²) in [5, 5.41) is 1.47. The zero-order chi connectivity index (χ0) is 19.1. The molecule has 0 atom stereocenters. The molecule has 1 fully saturated rings. The molecule has 2 aromatic carbocycles. The first-order valence-electron chi connectivity index (χ1n) is 9.23. The van der Waals surface area contributed by atoms with E-state index in [4.69, 9.17) is 16.0 Å². The molecule has 1 aliphatic heterocycles. The van der Waals surface area contributed by atoms with Crippen LogP contribution >= 0.6 is 11.6 Å². The van der Waals surface area contributed by atoms with E-state index >= 15 is 0 Å². The first-order valence-corrected chi connectivity index (χ1v) is 9.61. The van der Waals surface area contributed by atoms with Crippen LogP contribution in [0.3, 0.4) is 0 Å². The van der Waals surface area contributed by atoms with Gasteiger partial charge in [-0.1, -0.05) is 29.8 Å². The number of rotatable bonds is 3. The van der Waals surface area contributed by atoms with Crippen molar-refractivity contribution in [2.45, 2.75) is 6.54 Å². The molecule has 0 unspecified atom stereocenters. The molecular formula is C21H18ClFN4O. The summed E-state index contributed by atoms with van der Waals surface area (Å²) in [6, 6.07) is 12.7. The van der Waals surface area contributed by atoms with Crippen LogP contribution in [0.5, 0.6) is 0 Å². The topological polar surface area (TPSA) is 45.4 Å². The molecule has 5 rings (SSSR count). The van der Waals surface area contributed by atoms with Gasteiger partial charge in [0.15, 0.2) is 11.4 Å². The molecule has 4 aromatic rings. The van der Waals surface area contributed by atoms with Gasteiger partial charge in [-0.3, -0.25) is 4.90 Å². The highest BCUT2D eigenvalue weighted by Gasteiger charge is 2.23. The molecule has 1 saturated heterocycles. The van der Waals surface area contributed by atoms with Gasteiger partial charge in [-0.2, -0.15) is 0 Å². The highest BCUT2D eigenvalue weighted by Crippen LogP contribution is 2.32. The molecule has 28 heavy (non-hydrogen) atoms.